The van der Waals surface area contributed by atoms with Crippen molar-refractivity contribution in [2.45, 2.75) is 44.1 Å². The second-order valence-corrected chi connectivity index (χ2v) is 12.3. The van der Waals surface area contributed by atoms with Crippen LogP contribution in [-0.4, -0.2) is 50.0 Å². The lowest BCUT2D eigenvalue weighted by Crippen LogP contribution is -2.38. The number of nitrogens with zero attached hydrogens (tertiary/aromatic N) is 1. The summed E-state index contributed by atoms with van der Waals surface area (Å²) in [5, 5.41) is 9.70. The smallest absolute Gasteiger partial charge is 0.341 e. The minimum atomic E-state index is -3.59. The molecule has 1 aromatic carbocycles. The fourth-order valence-electron chi connectivity index (χ4n) is 4.78. The molecule has 1 unspecified atom stereocenters. The number of ether oxygens (including phenoxy) is 1. The average molecular weight is 518 g/mol. The van der Waals surface area contributed by atoms with Crippen LogP contribution >= 0.6 is 11.3 Å². The van der Waals surface area contributed by atoms with Crippen LogP contribution in [-0.2, 0) is 16.6 Å². The maximum Gasteiger partial charge on any atom is 0.341 e. The van der Waals surface area contributed by atoms with Crippen molar-refractivity contribution in [3.8, 4) is 16.2 Å². The number of hydrogen-bond acceptors (Lipinski definition) is 6. The third kappa shape index (κ3) is 4.16. The number of carbonyl (C=O) groups is 1. The van der Waals surface area contributed by atoms with Gasteiger partial charge in [0, 0.05) is 41.7 Å². The second-order valence-electron chi connectivity index (χ2n) is 9.25. The lowest BCUT2D eigenvalue weighted by molar-refractivity contribution is 0.0695. The van der Waals surface area contributed by atoms with Gasteiger partial charge in [-0.05, 0) is 61.3 Å². The Morgan fingerprint density at radius 3 is 2.60 bits per heavy atom. The first-order valence-electron chi connectivity index (χ1n) is 11.4. The number of aromatic carboxylic acids is 1. The number of hydrogen-bond donors (Lipinski definition) is 3. The second kappa shape index (κ2) is 8.74. The molecule has 5 rings (SSSR count). The van der Waals surface area contributed by atoms with Crippen molar-refractivity contribution >= 4 is 38.4 Å². The largest absolute Gasteiger partial charge is 0.494 e. The van der Waals surface area contributed by atoms with E-state index in [0.29, 0.717) is 23.1 Å². The van der Waals surface area contributed by atoms with Gasteiger partial charge in [-0.2, -0.15) is 17.4 Å². The molecule has 2 aromatic heterocycles. The Balaban J connectivity index is 1.69. The molecule has 2 heterocycles. The van der Waals surface area contributed by atoms with Gasteiger partial charge in [0.05, 0.1) is 18.0 Å². The normalized spacial score (nSPS) is 18.1. The molecule has 2 aliphatic rings. The molecular formula is C24H27N3O6S2. The highest BCUT2D eigenvalue weighted by Gasteiger charge is 2.33. The summed E-state index contributed by atoms with van der Waals surface area (Å²) in [6.07, 6.45) is 5.63. The summed E-state index contributed by atoms with van der Waals surface area (Å²) < 4.78 is 34.8. The zero-order chi connectivity index (χ0) is 25.1. The van der Waals surface area contributed by atoms with Gasteiger partial charge in [-0.15, -0.1) is 11.3 Å². The predicted molar refractivity (Wildman–Crippen MR) is 135 cm³/mol. The molecule has 1 saturated carbocycles. The first kappa shape index (κ1) is 24.0. The number of carboxylic acids is 1. The number of aryl methyl sites for hydroxylation is 1. The molecule has 0 bridgehead atoms. The van der Waals surface area contributed by atoms with Crippen molar-refractivity contribution in [3.05, 3.63) is 50.1 Å². The molecule has 0 radical (unpaired) electrons. The summed E-state index contributed by atoms with van der Waals surface area (Å²) in [6.45, 7) is 0. The van der Waals surface area contributed by atoms with Gasteiger partial charge < -0.3 is 14.8 Å². The topological polar surface area (TPSA) is 129 Å². The van der Waals surface area contributed by atoms with Crippen LogP contribution in [0.2, 0.25) is 0 Å². The van der Waals surface area contributed by atoms with Crippen LogP contribution in [0, 0.1) is 0 Å². The third-order valence-corrected chi connectivity index (χ3v) is 9.52. The van der Waals surface area contributed by atoms with E-state index in [9.17, 15) is 23.1 Å². The molecule has 11 heteroatoms. The lowest BCUT2D eigenvalue weighted by Gasteiger charge is -2.25. The molecule has 2 aliphatic carbocycles. The minimum Gasteiger partial charge on any atom is -0.494 e. The van der Waals surface area contributed by atoms with Crippen molar-refractivity contribution in [2.24, 2.45) is 0 Å². The van der Waals surface area contributed by atoms with Crippen molar-refractivity contribution in [2.75, 3.05) is 21.2 Å². The number of aromatic nitrogens is 1. The number of pyridine rings is 1. The van der Waals surface area contributed by atoms with Crippen molar-refractivity contribution < 1.29 is 23.1 Å². The van der Waals surface area contributed by atoms with Gasteiger partial charge in [0.15, 0.2) is 5.75 Å². The SMILES string of the molecule is COc1c(-c2cc3c(s2)CCCC3NS(=O)(=O)N(C)C)c(C2CC2)cc2c(=O)c(C(=O)O)c[nH]c12. The van der Waals surface area contributed by atoms with E-state index in [1.807, 2.05) is 6.07 Å². The molecule has 0 saturated heterocycles. The third-order valence-electron chi connectivity index (χ3n) is 6.75. The highest BCUT2D eigenvalue weighted by molar-refractivity contribution is 7.87. The Morgan fingerprint density at radius 1 is 1.23 bits per heavy atom. The maximum atomic E-state index is 12.9. The van der Waals surface area contributed by atoms with E-state index in [2.05, 4.69) is 9.71 Å². The molecule has 1 fully saturated rings. The van der Waals surface area contributed by atoms with Crippen LogP contribution in [0.25, 0.3) is 21.3 Å². The average Bonchev–Trinajstić information content (AvgIpc) is 3.56. The van der Waals surface area contributed by atoms with Crippen molar-refractivity contribution in [1.82, 2.24) is 14.0 Å². The summed E-state index contributed by atoms with van der Waals surface area (Å²) in [4.78, 5) is 29.5. The molecule has 0 amide bonds. The summed E-state index contributed by atoms with van der Waals surface area (Å²) in [5.41, 5.74) is 2.43. The van der Waals surface area contributed by atoms with Crippen LogP contribution in [0.15, 0.2) is 23.1 Å². The van der Waals surface area contributed by atoms with E-state index in [1.54, 1.807) is 24.5 Å². The van der Waals surface area contributed by atoms with Crippen LogP contribution in [0.4, 0.5) is 0 Å². The number of aromatic amines is 1. The Bertz CT molecular complexity index is 1500. The standard InChI is InChI=1S/C24H27N3O6S2/c1-27(2)35(31,32)26-17-5-4-6-18-14(17)10-19(34-18)20-13(12-7-8-12)9-15-21(23(20)33-3)25-11-16(22(15)28)24(29)30/h9-12,17,26H,4-8H2,1-3H3,(H,25,28)(H,29,30). The Kier molecular flexibility index (Phi) is 5.99. The molecule has 3 N–H and O–H groups in total. The van der Waals surface area contributed by atoms with E-state index < -0.39 is 21.6 Å². The molecule has 9 nitrogen and oxygen atoms in total. The van der Waals surface area contributed by atoms with Gasteiger partial charge in [-0.1, -0.05) is 0 Å². The first-order chi connectivity index (χ1) is 16.6. The number of fused-ring (bicyclic) bond motifs is 2. The van der Waals surface area contributed by atoms with E-state index in [-0.39, 0.29) is 17.5 Å². The van der Waals surface area contributed by atoms with E-state index in [4.69, 9.17) is 4.74 Å². The van der Waals surface area contributed by atoms with Gasteiger partial charge in [0.25, 0.3) is 10.2 Å². The summed E-state index contributed by atoms with van der Waals surface area (Å²) >= 11 is 1.62. The first-order valence-corrected chi connectivity index (χ1v) is 13.7. The Morgan fingerprint density at radius 2 is 1.97 bits per heavy atom. The van der Waals surface area contributed by atoms with Gasteiger partial charge in [-0.3, -0.25) is 4.79 Å². The number of rotatable bonds is 7. The molecule has 0 spiro atoms. The van der Waals surface area contributed by atoms with Crippen LogP contribution in [0.3, 0.4) is 0 Å². The monoisotopic (exact) mass is 517 g/mol. The van der Waals surface area contributed by atoms with Gasteiger partial charge >= 0.3 is 5.97 Å². The quantitative estimate of drug-likeness (QED) is 0.439. The molecule has 35 heavy (non-hydrogen) atoms. The lowest BCUT2D eigenvalue weighted by atomic mass is 9.92. The van der Waals surface area contributed by atoms with Gasteiger partial charge in [0.1, 0.15) is 5.56 Å². The van der Waals surface area contributed by atoms with Crippen molar-refractivity contribution in [3.63, 3.8) is 0 Å². The van der Waals surface area contributed by atoms with E-state index >= 15 is 0 Å². The number of carboxylic acid groups (broad SMARTS) is 1. The number of benzene rings is 1. The minimum absolute atomic E-state index is 0.262. The van der Waals surface area contributed by atoms with Crippen LogP contribution < -0.4 is 14.9 Å². The zero-order valence-corrected chi connectivity index (χ0v) is 21.3. The molecule has 186 valence electrons. The Hall–Kier alpha value is -2.73. The maximum absolute atomic E-state index is 12.9. The summed E-state index contributed by atoms with van der Waals surface area (Å²) in [6, 6.07) is 3.53. The molecule has 0 aliphatic heterocycles. The zero-order valence-electron chi connectivity index (χ0n) is 19.7. The highest BCUT2D eigenvalue weighted by atomic mass is 32.2. The summed E-state index contributed by atoms with van der Waals surface area (Å²) in [5.74, 6) is -0.512. The van der Waals surface area contributed by atoms with E-state index in [0.717, 1.165) is 52.1 Å². The fraction of sp³-hybridized carbons (Fsp3) is 0.417. The molecule has 3 aromatic rings. The number of nitrogens with one attached hydrogen (secondary N) is 2. The van der Waals surface area contributed by atoms with Gasteiger partial charge in [-0.25, -0.2) is 4.79 Å². The molecular weight excluding hydrogens is 490 g/mol. The fourth-order valence-corrected chi connectivity index (χ4v) is 6.92. The molecule has 1 atom stereocenters. The van der Waals surface area contributed by atoms with Crippen LogP contribution in [0.1, 0.15) is 64.0 Å². The van der Waals surface area contributed by atoms with Gasteiger partial charge in [0.2, 0.25) is 5.43 Å². The van der Waals surface area contributed by atoms with Crippen molar-refractivity contribution in [1.29, 1.82) is 0 Å². The highest BCUT2D eigenvalue weighted by Crippen LogP contribution is 2.52. The number of H-pyrrole nitrogens is 1. The van der Waals surface area contributed by atoms with Crippen LogP contribution in [0.5, 0.6) is 5.75 Å². The van der Waals surface area contributed by atoms with E-state index in [1.165, 1.54) is 24.6 Å². The predicted octanol–water partition coefficient (Wildman–Crippen LogP) is 3.61. The number of methoxy groups -OCH3 is 1. The summed E-state index contributed by atoms with van der Waals surface area (Å²) in [7, 11) is 0.959. The Labute approximate surface area is 206 Å². The number of thiophene rings is 1.